The van der Waals surface area contributed by atoms with E-state index >= 15 is 0 Å². The van der Waals surface area contributed by atoms with Crippen LogP contribution in [0.15, 0.2) is 119 Å². The minimum atomic E-state index is -4.44. The molecule has 6 heteroatoms. The number of benzene rings is 4. The molecule has 0 saturated heterocycles. The average Bonchev–Trinajstić information content (AvgIpc) is 3.71. The SMILES string of the molecule is CCN(CC)c1ccc2c(c1)[CH]([Zr](=[SiH2])([C]1=CC=CC1)([c]1ccccc1)[c]1ccccc1)c1cc(N(CC)CC)ccc1-2.Cl.Cl. The fourth-order valence-electron chi connectivity index (χ4n) is 8.06. The molecule has 0 bridgehead atoms. The van der Waals surface area contributed by atoms with Gasteiger partial charge < -0.3 is 0 Å². The molecular weight excluding hydrogens is 675 g/mol. The molecule has 0 heterocycles. The molecule has 0 radical (unpaired) electrons. The molecule has 0 N–H and O–H groups in total. The standard InChI is InChI=1S/C21H27N2.2C6H5.C5H5.2ClH.H2Si.Zr/c1-5-22(6-2)18-9-11-20-16(14-18)13-17-15-19(10-12-21(17)20)23(7-3)8-4;2*1-2-4-6-5-3-1;1-2-4-5-3-1;;;;/h9-15H,5-8H2,1-4H3;2*1-5H;1-3H,4H2;2*1H;1H2;. The van der Waals surface area contributed by atoms with Gasteiger partial charge in [0.2, 0.25) is 0 Å². The summed E-state index contributed by atoms with van der Waals surface area (Å²) in [5, 5.41) is 0. The molecule has 2 aliphatic rings. The summed E-state index contributed by atoms with van der Waals surface area (Å²) in [5.41, 5.74) is 8.56. The van der Waals surface area contributed by atoms with Crippen LogP contribution in [0.2, 0.25) is 0 Å². The number of hydrogen-bond donors (Lipinski definition) is 0. The summed E-state index contributed by atoms with van der Waals surface area (Å²) in [6.45, 7) is 15.6. The Morgan fingerprint density at radius 1 is 0.636 bits per heavy atom. The van der Waals surface area contributed by atoms with E-state index in [9.17, 15) is 0 Å². The third kappa shape index (κ3) is 5.20. The van der Waals surface area contributed by atoms with E-state index < -0.39 is 17.4 Å². The van der Waals surface area contributed by atoms with Crippen LogP contribution in [0.3, 0.4) is 0 Å². The van der Waals surface area contributed by atoms with E-state index in [0.29, 0.717) is 3.63 Å². The number of fused-ring (bicyclic) bond motifs is 3. The van der Waals surface area contributed by atoms with Crippen molar-refractivity contribution < 1.29 is 17.4 Å². The summed E-state index contributed by atoms with van der Waals surface area (Å²) >= 11 is -4.44. The van der Waals surface area contributed by atoms with Crippen molar-refractivity contribution >= 4 is 49.6 Å². The van der Waals surface area contributed by atoms with E-state index in [2.05, 4.69) is 160 Å². The van der Waals surface area contributed by atoms with Crippen molar-refractivity contribution in [2.24, 2.45) is 0 Å². The Bertz CT molecular complexity index is 1620. The van der Waals surface area contributed by atoms with Gasteiger partial charge in [0, 0.05) is 0 Å². The van der Waals surface area contributed by atoms with Crippen molar-refractivity contribution in [2.45, 2.75) is 37.7 Å². The number of nitrogens with zero attached hydrogens (tertiary/aromatic N) is 2. The van der Waals surface area contributed by atoms with Gasteiger partial charge in [-0.25, -0.2) is 0 Å². The molecule has 0 aliphatic heterocycles. The fraction of sp³-hybridized carbons (Fsp3) is 0.263. The van der Waals surface area contributed by atoms with Crippen molar-refractivity contribution in [1.82, 2.24) is 0 Å². The molecule has 44 heavy (non-hydrogen) atoms. The Morgan fingerprint density at radius 3 is 1.43 bits per heavy atom. The molecule has 4 aromatic rings. The first-order valence-electron chi connectivity index (χ1n) is 15.8. The smallest absolute Gasteiger partial charge is 0.147 e. The first kappa shape index (κ1) is 34.5. The summed E-state index contributed by atoms with van der Waals surface area (Å²) in [6, 6.07) is 38.0. The molecular formula is C38H46Cl2N2SiZr. The molecule has 0 atom stereocenters. The zero-order valence-electron chi connectivity index (χ0n) is 26.5. The van der Waals surface area contributed by atoms with Crippen LogP contribution < -0.4 is 16.3 Å². The summed E-state index contributed by atoms with van der Waals surface area (Å²) in [6.07, 6.45) is 8.24. The van der Waals surface area contributed by atoms with Crippen molar-refractivity contribution in [3.05, 3.63) is 130 Å². The molecule has 6 rings (SSSR count). The van der Waals surface area contributed by atoms with Crippen LogP contribution in [0.4, 0.5) is 11.4 Å². The van der Waals surface area contributed by atoms with E-state index in [-0.39, 0.29) is 24.8 Å². The maximum absolute atomic E-state index is 4.44. The van der Waals surface area contributed by atoms with Crippen LogP contribution >= 0.6 is 24.8 Å². The van der Waals surface area contributed by atoms with Crippen LogP contribution in [0.5, 0.6) is 0 Å². The Kier molecular flexibility index (Phi) is 10.9. The average molecular weight is 721 g/mol. The van der Waals surface area contributed by atoms with Crippen molar-refractivity contribution in [3.63, 3.8) is 0 Å². The molecule has 0 amide bonds. The predicted molar refractivity (Wildman–Crippen MR) is 198 cm³/mol. The quantitative estimate of drug-likeness (QED) is 0.153. The first-order valence-corrected chi connectivity index (χ1v) is 26.8. The molecule has 0 fully saturated rings. The van der Waals surface area contributed by atoms with Gasteiger partial charge in [0.1, 0.15) is 0 Å². The molecule has 4 aromatic carbocycles. The normalized spacial score (nSPS) is 13.8. The van der Waals surface area contributed by atoms with Gasteiger partial charge in [0.05, 0.1) is 0 Å². The Labute approximate surface area is 279 Å². The monoisotopic (exact) mass is 718 g/mol. The number of halogens is 2. The summed E-state index contributed by atoms with van der Waals surface area (Å²) in [7, 11) is 0. The second kappa shape index (κ2) is 14.0. The first-order chi connectivity index (χ1) is 20.5. The van der Waals surface area contributed by atoms with Gasteiger partial charge in [-0.3, -0.25) is 0 Å². The van der Waals surface area contributed by atoms with Gasteiger partial charge in [-0.05, 0) is 0 Å². The third-order valence-corrected chi connectivity index (χ3v) is 37.5. The van der Waals surface area contributed by atoms with E-state index in [0.717, 1.165) is 32.6 Å². The van der Waals surface area contributed by atoms with Crippen LogP contribution in [0.25, 0.3) is 11.1 Å². The molecule has 2 aliphatic carbocycles. The molecule has 0 saturated carbocycles. The summed E-state index contributed by atoms with van der Waals surface area (Å²) in [4.78, 5) is 5.01. The topological polar surface area (TPSA) is 6.48 Å². The fourth-order valence-corrected chi connectivity index (χ4v) is 32.0. The zero-order valence-corrected chi connectivity index (χ0v) is 32.0. The van der Waals surface area contributed by atoms with Crippen LogP contribution in [-0.2, 0) is 17.4 Å². The van der Waals surface area contributed by atoms with Gasteiger partial charge >= 0.3 is 257 Å². The molecule has 0 aromatic heterocycles. The van der Waals surface area contributed by atoms with Gasteiger partial charge in [-0.2, -0.15) is 0 Å². The number of anilines is 2. The van der Waals surface area contributed by atoms with E-state index in [1.54, 1.807) is 9.82 Å². The summed E-state index contributed by atoms with van der Waals surface area (Å²) in [5.74, 6) is 0. The largest absolute Gasteiger partial charge is 0.147 e. The number of rotatable bonds is 10. The molecule has 230 valence electrons. The van der Waals surface area contributed by atoms with Crippen molar-refractivity contribution in [1.29, 1.82) is 0 Å². The zero-order chi connectivity index (χ0) is 29.3. The third-order valence-electron chi connectivity index (χ3n) is 10.2. The van der Waals surface area contributed by atoms with Crippen LogP contribution in [0, 0.1) is 0 Å². The Balaban J connectivity index is 0.00000221. The molecule has 2 nitrogen and oxygen atoms in total. The molecule has 0 spiro atoms. The Morgan fingerprint density at radius 2 is 1.07 bits per heavy atom. The Hall–Kier alpha value is -2.36. The van der Waals surface area contributed by atoms with Gasteiger partial charge in [0.25, 0.3) is 0 Å². The number of allylic oxidation sites excluding steroid dienone is 4. The minimum absolute atomic E-state index is 0. The van der Waals surface area contributed by atoms with Crippen LogP contribution in [0.1, 0.15) is 48.9 Å². The van der Waals surface area contributed by atoms with Crippen molar-refractivity contribution in [2.75, 3.05) is 36.0 Å². The second-order valence-electron chi connectivity index (χ2n) is 11.9. The van der Waals surface area contributed by atoms with Gasteiger partial charge in [-0.1, -0.05) is 0 Å². The van der Waals surface area contributed by atoms with Crippen molar-refractivity contribution in [3.8, 4) is 11.1 Å². The van der Waals surface area contributed by atoms with E-state index in [1.165, 1.54) is 33.6 Å². The van der Waals surface area contributed by atoms with Gasteiger partial charge in [-0.15, -0.1) is 24.8 Å². The molecule has 0 unspecified atom stereocenters. The van der Waals surface area contributed by atoms with Gasteiger partial charge in [0.15, 0.2) is 0 Å². The maximum atomic E-state index is 2.57. The number of hydrogen-bond acceptors (Lipinski definition) is 2. The second-order valence-corrected chi connectivity index (χ2v) is 34.0. The van der Waals surface area contributed by atoms with Crippen LogP contribution in [-0.4, -0.2) is 33.1 Å². The predicted octanol–water partition coefficient (Wildman–Crippen LogP) is 8.02. The maximum Gasteiger partial charge on any atom is -0.147 e. The van der Waals surface area contributed by atoms with E-state index in [4.69, 9.17) is 0 Å². The minimum Gasteiger partial charge on any atom is -0.147 e. The van der Waals surface area contributed by atoms with E-state index in [1.807, 2.05) is 0 Å². The summed E-state index contributed by atoms with van der Waals surface area (Å²) < 4.78 is 5.08.